The van der Waals surface area contributed by atoms with Crippen molar-refractivity contribution in [2.75, 3.05) is 20.8 Å². The molecule has 0 fully saturated rings. The van der Waals surface area contributed by atoms with E-state index >= 15 is 0 Å². The van der Waals surface area contributed by atoms with Gasteiger partial charge in [-0.2, -0.15) is 0 Å². The molecular formula is C20H23NO3S. The van der Waals surface area contributed by atoms with Gasteiger partial charge < -0.3 is 14.4 Å². The van der Waals surface area contributed by atoms with E-state index in [1.165, 1.54) is 10.4 Å². The van der Waals surface area contributed by atoms with Gasteiger partial charge in [-0.25, -0.2) is 0 Å². The van der Waals surface area contributed by atoms with Gasteiger partial charge in [-0.05, 0) is 53.6 Å². The molecule has 3 rings (SSSR count). The van der Waals surface area contributed by atoms with Gasteiger partial charge in [-0.1, -0.05) is 6.92 Å². The molecule has 0 saturated carbocycles. The van der Waals surface area contributed by atoms with Crippen LogP contribution in [0.25, 0.3) is 6.08 Å². The first kappa shape index (κ1) is 17.5. The quantitative estimate of drug-likeness (QED) is 0.748. The molecule has 1 aliphatic rings. The third-order valence-electron chi connectivity index (χ3n) is 4.56. The minimum Gasteiger partial charge on any atom is -0.497 e. The van der Waals surface area contributed by atoms with Gasteiger partial charge in [0, 0.05) is 23.6 Å². The number of fused-ring (bicyclic) bond motifs is 1. The highest BCUT2D eigenvalue weighted by Crippen LogP contribution is 2.35. The van der Waals surface area contributed by atoms with E-state index in [4.69, 9.17) is 9.47 Å². The van der Waals surface area contributed by atoms with Gasteiger partial charge in [-0.15, -0.1) is 11.3 Å². The molecule has 0 aliphatic carbocycles. The Morgan fingerprint density at radius 1 is 1.28 bits per heavy atom. The molecule has 1 aliphatic heterocycles. The lowest BCUT2D eigenvalue weighted by atomic mass is 9.97. The zero-order chi connectivity index (χ0) is 17.8. The van der Waals surface area contributed by atoms with Crippen LogP contribution >= 0.6 is 11.3 Å². The second-order valence-corrected chi connectivity index (χ2v) is 6.98. The van der Waals surface area contributed by atoms with E-state index in [1.807, 2.05) is 29.2 Å². The second-order valence-electron chi connectivity index (χ2n) is 5.98. The number of ether oxygens (including phenoxy) is 2. The Morgan fingerprint density at radius 2 is 2.00 bits per heavy atom. The molecule has 4 nitrogen and oxygen atoms in total. The minimum absolute atomic E-state index is 0.0467. The first-order chi connectivity index (χ1) is 12.2. The summed E-state index contributed by atoms with van der Waals surface area (Å²) in [5.41, 5.74) is 2.19. The standard InChI is InChI=1S/C20H23NO3S/c1-4-18-17-8-10-25-19(17)7-9-21(18)20(22)6-5-14-11-15(23-2)13-16(12-14)24-3/h5-6,8,10-13,18H,4,7,9H2,1-3H3. The highest BCUT2D eigenvalue weighted by molar-refractivity contribution is 7.10. The Kier molecular flexibility index (Phi) is 5.43. The first-order valence-electron chi connectivity index (χ1n) is 8.44. The van der Waals surface area contributed by atoms with Crippen molar-refractivity contribution in [2.24, 2.45) is 0 Å². The summed E-state index contributed by atoms with van der Waals surface area (Å²) in [6, 6.07) is 7.92. The Bertz CT molecular complexity index is 759. The van der Waals surface area contributed by atoms with Crippen LogP contribution in [0.15, 0.2) is 35.7 Å². The molecule has 1 amide bonds. The lowest BCUT2D eigenvalue weighted by Gasteiger charge is -2.34. The van der Waals surface area contributed by atoms with Crippen LogP contribution in [0.2, 0.25) is 0 Å². The number of hydrogen-bond donors (Lipinski definition) is 0. The monoisotopic (exact) mass is 357 g/mol. The van der Waals surface area contributed by atoms with Crippen molar-refractivity contribution in [3.8, 4) is 11.5 Å². The zero-order valence-corrected chi connectivity index (χ0v) is 15.6. The molecule has 1 aromatic carbocycles. The van der Waals surface area contributed by atoms with E-state index in [2.05, 4.69) is 18.4 Å². The van der Waals surface area contributed by atoms with Crippen LogP contribution in [0.3, 0.4) is 0 Å². The number of nitrogens with zero attached hydrogens (tertiary/aromatic N) is 1. The van der Waals surface area contributed by atoms with Crippen molar-refractivity contribution in [1.82, 2.24) is 4.90 Å². The first-order valence-corrected chi connectivity index (χ1v) is 9.32. The summed E-state index contributed by atoms with van der Waals surface area (Å²) in [4.78, 5) is 16.2. The predicted molar refractivity (Wildman–Crippen MR) is 101 cm³/mol. The summed E-state index contributed by atoms with van der Waals surface area (Å²) >= 11 is 1.79. The predicted octanol–water partition coefficient (Wildman–Crippen LogP) is 4.31. The molecule has 0 N–H and O–H groups in total. The number of carbonyl (C=O) groups is 1. The molecule has 0 bridgehead atoms. The van der Waals surface area contributed by atoms with Gasteiger partial charge in [0.05, 0.1) is 20.3 Å². The van der Waals surface area contributed by atoms with Crippen LogP contribution in [0.4, 0.5) is 0 Å². The minimum atomic E-state index is 0.0467. The summed E-state index contributed by atoms with van der Waals surface area (Å²) in [5.74, 6) is 1.46. The second kappa shape index (κ2) is 7.74. The van der Waals surface area contributed by atoms with Crippen LogP contribution < -0.4 is 9.47 Å². The normalized spacial score (nSPS) is 16.8. The van der Waals surface area contributed by atoms with Crippen molar-refractivity contribution >= 4 is 23.3 Å². The summed E-state index contributed by atoms with van der Waals surface area (Å²) in [5, 5.41) is 2.12. The molecular weight excluding hydrogens is 334 g/mol. The van der Waals surface area contributed by atoms with E-state index in [1.54, 1.807) is 31.6 Å². The van der Waals surface area contributed by atoms with Crippen molar-refractivity contribution in [2.45, 2.75) is 25.8 Å². The molecule has 1 aromatic heterocycles. The molecule has 2 heterocycles. The summed E-state index contributed by atoms with van der Waals surface area (Å²) in [6.07, 6.45) is 5.34. The van der Waals surface area contributed by atoms with Crippen molar-refractivity contribution in [3.63, 3.8) is 0 Å². The van der Waals surface area contributed by atoms with Gasteiger partial charge in [0.2, 0.25) is 5.91 Å². The van der Waals surface area contributed by atoms with Crippen LogP contribution in [-0.4, -0.2) is 31.6 Å². The number of amides is 1. The van der Waals surface area contributed by atoms with Crippen LogP contribution in [0, 0.1) is 0 Å². The largest absolute Gasteiger partial charge is 0.497 e. The van der Waals surface area contributed by atoms with E-state index in [0.717, 1.165) is 24.9 Å². The molecule has 0 radical (unpaired) electrons. The molecule has 2 aromatic rings. The maximum Gasteiger partial charge on any atom is 0.247 e. The zero-order valence-electron chi connectivity index (χ0n) is 14.8. The lowest BCUT2D eigenvalue weighted by Crippen LogP contribution is -2.38. The third kappa shape index (κ3) is 3.71. The van der Waals surface area contributed by atoms with Crippen LogP contribution in [0.5, 0.6) is 11.5 Å². The lowest BCUT2D eigenvalue weighted by molar-refractivity contribution is -0.128. The smallest absolute Gasteiger partial charge is 0.247 e. The van der Waals surface area contributed by atoms with E-state index in [9.17, 15) is 4.79 Å². The van der Waals surface area contributed by atoms with Crippen molar-refractivity contribution in [1.29, 1.82) is 0 Å². The maximum absolute atomic E-state index is 12.8. The molecule has 132 valence electrons. The maximum atomic E-state index is 12.8. The van der Waals surface area contributed by atoms with Gasteiger partial charge in [0.1, 0.15) is 11.5 Å². The number of carbonyl (C=O) groups excluding carboxylic acids is 1. The third-order valence-corrected chi connectivity index (χ3v) is 5.55. The fourth-order valence-corrected chi connectivity index (χ4v) is 4.22. The van der Waals surface area contributed by atoms with Gasteiger partial charge >= 0.3 is 0 Å². The van der Waals surface area contributed by atoms with E-state index in [-0.39, 0.29) is 11.9 Å². The molecule has 0 saturated heterocycles. The van der Waals surface area contributed by atoms with Gasteiger partial charge in [0.15, 0.2) is 0 Å². The topological polar surface area (TPSA) is 38.8 Å². The van der Waals surface area contributed by atoms with Crippen molar-refractivity contribution in [3.05, 3.63) is 51.7 Å². The molecule has 1 unspecified atom stereocenters. The Labute approximate surface area is 152 Å². The van der Waals surface area contributed by atoms with E-state index < -0.39 is 0 Å². The molecule has 0 spiro atoms. The number of thiophene rings is 1. The molecule has 25 heavy (non-hydrogen) atoms. The van der Waals surface area contributed by atoms with Gasteiger partial charge in [0.25, 0.3) is 0 Å². The highest BCUT2D eigenvalue weighted by Gasteiger charge is 2.29. The summed E-state index contributed by atoms with van der Waals surface area (Å²) in [6.45, 7) is 2.91. The summed E-state index contributed by atoms with van der Waals surface area (Å²) in [7, 11) is 3.23. The Balaban J connectivity index is 1.79. The van der Waals surface area contributed by atoms with Crippen LogP contribution in [-0.2, 0) is 11.2 Å². The number of benzene rings is 1. The van der Waals surface area contributed by atoms with Crippen molar-refractivity contribution < 1.29 is 14.3 Å². The van der Waals surface area contributed by atoms with Crippen LogP contribution in [0.1, 0.15) is 35.4 Å². The number of rotatable bonds is 5. The fourth-order valence-electron chi connectivity index (χ4n) is 3.29. The Morgan fingerprint density at radius 3 is 2.64 bits per heavy atom. The molecule has 5 heteroatoms. The highest BCUT2D eigenvalue weighted by atomic mass is 32.1. The van der Waals surface area contributed by atoms with E-state index in [0.29, 0.717) is 11.5 Å². The summed E-state index contributed by atoms with van der Waals surface area (Å²) < 4.78 is 10.6. The number of hydrogen-bond acceptors (Lipinski definition) is 4. The average molecular weight is 357 g/mol. The molecule has 1 atom stereocenters. The Hall–Kier alpha value is -2.27. The number of methoxy groups -OCH3 is 2. The van der Waals surface area contributed by atoms with Gasteiger partial charge in [-0.3, -0.25) is 4.79 Å². The average Bonchev–Trinajstić information content (AvgIpc) is 3.13. The SMILES string of the molecule is CCC1c2ccsc2CCN1C(=O)C=Cc1cc(OC)cc(OC)c1. The fraction of sp³-hybridized carbons (Fsp3) is 0.350.